The molecule has 0 aliphatic heterocycles. The van der Waals surface area contributed by atoms with E-state index in [0.29, 0.717) is 6.04 Å². The van der Waals surface area contributed by atoms with E-state index in [9.17, 15) is 0 Å². The summed E-state index contributed by atoms with van der Waals surface area (Å²) in [5.41, 5.74) is 1.10. The van der Waals surface area contributed by atoms with E-state index in [0.717, 1.165) is 17.4 Å². The molecule has 0 saturated carbocycles. The molecule has 0 amide bonds. The second-order valence-electron chi connectivity index (χ2n) is 4.13. The molecule has 2 nitrogen and oxygen atoms in total. The average Bonchev–Trinajstić information content (AvgIpc) is 2.26. The molecule has 0 aromatic carbocycles. The van der Waals surface area contributed by atoms with Gasteiger partial charge in [-0.1, -0.05) is 13.8 Å². The van der Waals surface area contributed by atoms with Gasteiger partial charge in [-0.3, -0.25) is 4.98 Å². The molecular formula is C12H20N2S. The van der Waals surface area contributed by atoms with Gasteiger partial charge in [-0.15, -0.1) is 11.8 Å². The van der Waals surface area contributed by atoms with Crippen molar-refractivity contribution in [3.63, 3.8) is 0 Å². The predicted octanol–water partition coefficient (Wildman–Crippen LogP) is 3.11. The fraction of sp³-hybridized carbons (Fsp3) is 0.583. The van der Waals surface area contributed by atoms with Gasteiger partial charge in [0.2, 0.25) is 0 Å². The van der Waals surface area contributed by atoms with Crippen molar-refractivity contribution in [2.24, 2.45) is 5.92 Å². The van der Waals surface area contributed by atoms with Crippen LogP contribution in [0, 0.1) is 5.92 Å². The first kappa shape index (κ1) is 12.5. The molecule has 1 N–H and O–H groups in total. The lowest BCUT2D eigenvalue weighted by Gasteiger charge is -2.10. The highest BCUT2D eigenvalue weighted by atomic mass is 32.2. The highest BCUT2D eigenvalue weighted by Crippen LogP contribution is 2.20. The molecule has 1 unspecified atom stereocenters. The average molecular weight is 224 g/mol. The maximum absolute atomic E-state index is 4.44. The van der Waals surface area contributed by atoms with Crippen LogP contribution in [0.5, 0.6) is 0 Å². The molecule has 0 aliphatic carbocycles. The SMILES string of the molecule is CNC(C)c1ccc(SCC(C)C)cn1. The Morgan fingerprint density at radius 3 is 2.53 bits per heavy atom. The summed E-state index contributed by atoms with van der Waals surface area (Å²) >= 11 is 1.87. The van der Waals surface area contributed by atoms with Gasteiger partial charge in [-0.05, 0) is 32.0 Å². The minimum atomic E-state index is 0.328. The molecule has 0 radical (unpaired) electrons. The molecule has 84 valence electrons. The third-order valence-corrected chi connectivity index (χ3v) is 3.63. The van der Waals surface area contributed by atoms with Crippen LogP contribution in [-0.4, -0.2) is 17.8 Å². The van der Waals surface area contributed by atoms with Gasteiger partial charge in [0.25, 0.3) is 0 Å². The predicted molar refractivity (Wildman–Crippen MR) is 67.3 cm³/mol. The summed E-state index contributed by atoms with van der Waals surface area (Å²) in [6, 6.07) is 4.58. The molecule has 15 heavy (non-hydrogen) atoms. The first-order valence-electron chi connectivity index (χ1n) is 5.39. The zero-order valence-electron chi connectivity index (χ0n) is 9.95. The molecule has 0 bridgehead atoms. The van der Waals surface area contributed by atoms with E-state index in [1.54, 1.807) is 0 Å². The van der Waals surface area contributed by atoms with Crippen molar-refractivity contribution in [3.8, 4) is 0 Å². The minimum absolute atomic E-state index is 0.328. The number of thioether (sulfide) groups is 1. The number of rotatable bonds is 5. The Kier molecular flexibility index (Phi) is 5.12. The summed E-state index contributed by atoms with van der Waals surface area (Å²) in [6.45, 7) is 6.58. The number of aromatic nitrogens is 1. The quantitative estimate of drug-likeness (QED) is 0.778. The summed E-state index contributed by atoms with van der Waals surface area (Å²) in [5, 5.41) is 3.18. The number of hydrogen-bond acceptors (Lipinski definition) is 3. The minimum Gasteiger partial charge on any atom is -0.312 e. The van der Waals surface area contributed by atoms with Gasteiger partial charge in [-0.2, -0.15) is 0 Å². The van der Waals surface area contributed by atoms with E-state index in [1.807, 2.05) is 25.0 Å². The van der Waals surface area contributed by atoms with Crippen LogP contribution in [0.3, 0.4) is 0 Å². The highest BCUT2D eigenvalue weighted by Gasteiger charge is 2.04. The molecular weight excluding hydrogens is 204 g/mol. The van der Waals surface area contributed by atoms with Gasteiger partial charge in [0.15, 0.2) is 0 Å². The van der Waals surface area contributed by atoms with Crippen LogP contribution in [-0.2, 0) is 0 Å². The van der Waals surface area contributed by atoms with Crippen LogP contribution in [0.15, 0.2) is 23.2 Å². The molecule has 0 aliphatic rings. The standard InChI is InChI=1S/C12H20N2S/c1-9(2)8-15-11-5-6-12(14-7-11)10(3)13-4/h5-7,9-10,13H,8H2,1-4H3. The number of nitrogens with one attached hydrogen (secondary N) is 1. The van der Waals surface area contributed by atoms with Crippen molar-refractivity contribution in [1.29, 1.82) is 0 Å². The van der Waals surface area contributed by atoms with Crippen LogP contribution in [0.4, 0.5) is 0 Å². The van der Waals surface area contributed by atoms with Crippen LogP contribution in [0.1, 0.15) is 32.5 Å². The topological polar surface area (TPSA) is 24.9 Å². The van der Waals surface area contributed by atoms with Gasteiger partial charge in [0.1, 0.15) is 0 Å². The lowest BCUT2D eigenvalue weighted by atomic mass is 10.2. The maximum Gasteiger partial charge on any atom is 0.0571 e. The summed E-state index contributed by atoms with van der Waals surface area (Å²) in [6.07, 6.45) is 1.97. The van der Waals surface area contributed by atoms with E-state index in [1.165, 1.54) is 4.90 Å². The molecule has 0 fully saturated rings. The van der Waals surface area contributed by atoms with E-state index in [2.05, 4.69) is 43.2 Å². The Labute approximate surface area is 96.9 Å². The van der Waals surface area contributed by atoms with Gasteiger partial charge in [0, 0.05) is 22.9 Å². The van der Waals surface area contributed by atoms with Crippen molar-refractivity contribution in [1.82, 2.24) is 10.3 Å². The van der Waals surface area contributed by atoms with E-state index in [4.69, 9.17) is 0 Å². The van der Waals surface area contributed by atoms with Crippen molar-refractivity contribution >= 4 is 11.8 Å². The van der Waals surface area contributed by atoms with Gasteiger partial charge >= 0.3 is 0 Å². The number of hydrogen-bond donors (Lipinski definition) is 1. The second kappa shape index (κ2) is 6.13. The van der Waals surface area contributed by atoms with Gasteiger partial charge < -0.3 is 5.32 Å². The Hall–Kier alpha value is -0.540. The molecule has 1 heterocycles. The fourth-order valence-electron chi connectivity index (χ4n) is 1.14. The van der Waals surface area contributed by atoms with Crippen molar-refractivity contribution in [3.05, 3.63) is 24.0 Å². The molecule has 0 spiro atoms. The van der Waals surface area contributed by atoms with Gasteiger partial charge in [-0.25, -0.2) is 0 Å². The van der Waals surface area contributed by atoms with Crippen LogP contribution in [0.25, 0.3) is 0 Å². The van der Waals surface area contributed by atoms with Crippen LogP contribution < -0.4 is 5.32 Å². The highest BCUT2D eigenvalue weighted by molar-refractivity contribution is 7.99. The number of nitrogens with zero attached hydrogens (tertiary/aromatic N) is 1. The third kappa shape index (κ3) is 4.22. The molecule has 3 heteroatoms. The Morgan fingerprint density at radius 2 is 2.07 bits per heavy atom. The lowest BCUT2D eigenvalue weighted by Crippen LogP contribution is -2.13. The van der Waals surface area contributed by atoms with E-state index >= 15 is 0 Å². The summed E-state index contributed by atoms with van der Waals surface area (Å²) in [4.78, 5) is 5.70. The fourth-order valence-corrected chi connectivity index (χ4v) is 1.96. The Balaban J connectivity index is 2.56. The Morgan fingerprint density at radius 1 is 1.33 bits per heavy atom. The zero-order valence-corrected chi connectivity index (χ0v) is 10.8. The van der Waals surface area contributed by atoms with Crippen LogP contribution >= 0.6 is 11.8 Å². The molecule has 1 aromatic rings. The van der Waals surface area contributed by atoms with Gasteiger partial charge in [0.05, 0.1) is 5.69 Å². The molecule has 0 saturated heterocycles. The van der Waals surface area contributed by atoms with E-state index < -0.39 is 0 Å². The summed E-state index contributed by atoms with van der Waals surface area (Å²) < 4.78 is 0. The molecule has 1 rings (SSSR count). The summed E-state index contributed by atoms with van der Waals surface area (Å²) in [5.74, 6) is 1.88. The molecule has 1 aromatic heterocycles. The maximum atomic E-state index is 4.44. The summed E-state index contributed by atoms with van der Waals surface area (Å²) in [7, 11) is 1.95. The lowest BCUT2D eigenvalue weighted by molar-refractivity contribution is 0.631. The largest absolute Gasteiger partial charge is 0.312 e. The Bertz CT molecular complexity index is 282. The first-order chi connectivity index (χ1) is 7.13. The smallest absolute Gasteiger partial charge is 0.0571 e. The monoisotopic (exact) mass is 224 g/mol. The van der Waals surface area contributed by atoms with E-state index in [-0.39, 0.29) is 0 Å². The van der Waals surface area contributed by atoms with Crippen molar-refractivity contribution in [2.45, 2.75) is 31.7 Å². The third-order valence-electron chi connectivity index (χ3n) is 2.22. The second-order valence-corrected chi connectivity index (χ2v) is 5.23. The zero-order chi connectivity index (χ0) is 11.3. The molecule has 1 atom stereocenters. The van der Waals surface area contributed by atoms with Crippen LogP contribution in [0.2, 0.25) is 0 Å². The number of pyridine rings is 1. The normalized spacial score (nSPS) is 13.1. The van der Waals surface area contributed by atoms with Crippen molar-refractivity contribution in [2.75, 3.05) is 12.8 Å². The first-order valence-corrected chi connectivity index (χ1v) is 6.38. The van der Waals surface area contributed by atoms with Crippen molar-refractivity contribution < 1.29 is 0 Å².